The average Bonchev–Trinajstić information content (AvgIpc) is 2.78. The predicted octanol–water partition coefficient (Wildman–Crippen LogP) is 2.05. The zero-order chi connectivity index (χ0) is 20.3. The first-order valence-electron chi connectivity index (χ1n) is 11.0. The van der Waals surface area contributed by atoms with Gasteiger partial charge >= 0.3 is 0 Å². The highest BCUT2D eigenvalue weighted by atomic mass is 19.1. The molecule has 2 aliphatic heterocycles. The number of carbonyl (C=O) groups excluding carboxylic acids is 1. The number of aromatic nitrogens is 1. The van der Waals surface area contributed by atoms with Gasteiger partial charge in [0.05, 0.1) is 24.8 Å². The number of likely N-dealkylation sites (tertiary alicyclic amines) is 1. The van der Waals surface area contributed by atoms with Crippen molar-refractivity contribution in [1.29, 1.82) is 0 Å². The van der Waals surface area contributed by atoms with Gasteiger partial charge in [0.2, 0.25) is 5.91 Å². The van der Waals surface area contributed by atoms with Crippen molar-refractivity contribution in [3.8, 4) is 0 Å². The second kappa shape index (κ2) is 9.06. The molecule has 3 fully saturated rings. The van der Waals surface area contributed by atoms with Crippen molar-refractivity contribution in [3.63, 3.8) is 0 Å². The predicted molar refractivity (Wildman–Crippen MR) is 109 cm³/mol. The number of nitrogens with one attached hydrogen (secondary N) is 1. The molecule has 1 aliphatic carbocycles. The Labute approximate surface area is 172 Å². The summed E-state index contributed by atoms with van der Waals surface area (Å²) in [5, 5.41) is 3.07. The monoisotopic (exact) mass is 404 g/mol. The third-order valence-electron chi connectivity index (χ3n) is 7.32. The third kappa shape index (κ3) is 4.32. The molecule has 3 heterocycles. The van der Waals surface area contributed by atoms with Gasteiger partial charge in [-0.3, -0.25) is 14.7 Å². The van der Waals surface area contributed by atoms with Crippen molar-refractivity contribution in [2.75, 3.05) is 45.9 Å². The summed E-state index contributed by atoms with van der Waals surface area (Å²) in [4.78, 5) is 22.2. The van der Waals surface area contributed by atoms with Crippen LogP contribution < -0.4 is 5.32 Å². The van der Waals surface area contributed by atoms with E-state index in [0.29, 0.717) is 17.5 Å². The molecule has 2 saturated heterocycles. The summed E-state index contributed by atoms with van der Waals surface area (Å²) in [7, 11) is 0. The molecule has 4 rings (SSSR count). The molecule has 0 radical (unpaired) electrons. The molecular weight excluding hydrogens is 371 g/mol. The van der Waals surface area contributed by atoms with Crippen LogP contribution in [-0.4, -0.2) is 72.7 Å². The first-order valence-corrected chi connectivity index (χ1v) is 11.0. The summed E-state index contributed by atoms with van der Waals surface area (Å²) in [5.74, 6) is 0.114. The van der Waals surface area contributed by atoms with Crippen molar-refractivity contribution in [3.05, 3.63) is 29.8 Å². The molecule has 3 aliphatic rings. The molecule has 1 N–H and O–H groups in total. The highest BCUT2D eigenvalue weighted by molar-refractivity contribution is 5.83. The van der Waals surface area contributed by atoms with E-state index in [1.165, 1.54) is 6.20 Å². The largest absolute Gasteiger partial charge is 0.379 e. The Morgan fingerprint density at radius 3 is 2.93 bits per heavy atom. The van der Waals surface area contributed by atoms with Crippen LogP contribution >= 0.6 is 0 Å². The maximum atomic E-state index is 13.9. The lowest BCUT2D eigenvalue weighted by Crippen LogP contribution is -2.60. The summed E-state index contributed by atoms with van der Waals surface area (Å²) < 4.78 is 19.5. The van der Waals surface area contributed by atoms with Crippen LogP contribution in [0.4, 0.5) is 4.39 Å². The van der Waals surface area contributed by atoms with Gasteiger partial charge in [-0.15, -0.1) is 0 Å². The molecule has 1 aromatic heterocycles. The SMILES string of the molecule is CCN1CC[C@@H]2C[C@@H](N3CCOCC3)CC[C@@]2(C(=O)NCc2ccncc2F)C1. The first kappa shape index (κ1) is 20.7. The normalized spacial score (nSPS) is 31.2. The van der Waals surface area contributed by atoms with Gasteiger partial charge in [0.15, 0.2) is 0 Å². The molecule has 0 unspecified atom stereocenters. The molecule has 7 heteroatoms. The minimum atomic E-state index is -0.364. The van der Waals surface area contributed by atoms with Crippen LogP contribution in [0.15, 0.2) is 18.5 Å². The molecule has 3 atom stereocenters. The molecule has 1 saturated carbocycles. The zero-order valence-electron chi connectivity index (χ0n) is 17.4. The molecule has 1 aromatic rings. The quantitative estimate of drug-likeness (QED) is 0.814. The van der Waals surface area contributed by atoms with E-state index in [0.717, 1.165) is 71.6 Å². The Kier molecular flexibility index (Phi) is 6.47. The average molecular weight is 405 g/mol. The summed E-state index contributed by atoms with van der Waals surface area (Å²) in [6.45, 7) is 8.85. The lowest BCUT2D eigenvalue weighted by Gasteiger charge is -2.53. The second-order valence-electron chi connectivity index (χ2n) is 8.74. The number of hydrogen-bond acceptors (Lipinski definition) is 5. The fraction of sp³-hybridized carbons (Fsp3) is 0.727. The third-order valence-corrected chi connectivity index (χ3v) is 7.32. The van der Waals surface area contributed by atoms with Gasteiger partial charge in [0.25, 0.3) is 0 Å². The number of carbonyl (C=O) groups is 1. The molecule has 29 heavy (non-hydrogen) atoms. The molecule has 1 amide bonds. The van der Waals surface area contributed by atoms with Gasteiger partial charge < -0.3 is 15.0 Å². The van der Waals surface area contributed by atoms with Crippen LogP contribution in [-0.2, 0) is 16.1 Å². The Morgan fingerprint density at radius 1 is 1.34 bits per heavy atom. The van der Waals surface area contributed by atoms with Gasteiger partial charge in [0, 0.05) is 44.0 Å². The van der Waals surface area contributed by atoms with Crippen LogP contribution in [0.25, 0.3) is 0 Å². The Morgan fingerprint density at radius 2 is 2.17 bits per heavy atom. The maximum absolute atomic E-state index is 13.9. The lowest BCUT2D eigenvalue weighted by atomic mass is 9.61. The van der Waals surface area contributed by atoms with Crippen molar-refractivity contribution in [1.82, 2.24) is 20.1 Å². The van der Waals surface area contributed by atoms with E-state index in [2.05, 4.69) is 27.0 Å². The number of ether oxygens (including phenoxy) is 1. The van der Waals surface area contributed by atoms with Gasteiger partial charge in [-0.25, -0.2) is 4.39 Å². The molecular formula is C22H33FN4O2. The van der Waals surface area contributed by atoms with Gasteiger partial charge in [-0.1, -0.05) is 6.92 Å². The van der Waals surface area contributed by atoms with Crippen LogP contribution in [0.5, 0.6) is 0 Å². The molecule has 0 spiro atoms. The summed E-state index contributed by atoms with van der Waals surface area (Å²) in [6, 6.07) is 2.19. The Bertz CT molecular complexity index is 712. The van der Waals surface area contributed by atoms with E-state index in [4.69, 9.17) is 4.74 Å². The van der Waals surface area contributed by atoms with Crippen molar-refractivity contribution in [2.24, 2.45) is 11.3 Å². The number of nitrogens with zero attached hydrogens (tertiary/aromatic N) is 3. The van der Waals surface area contributed by atoms with E-state index < -0.39 is 0 Å². The number of morpholine rings is 1. The van der Waals surface area contributed by atoms with Crippen molar-refractivity contribution < 1.29 is 13.9 Å². The number of piperidine rings is 1. The van der Waals surface area contributed by atoms with Crippen LogP contribution in [0.3, 0.4) is 0 Å². The standard InChI is InChI=1S/C22H33FN4O2/c1-2-26-8-5-18-13-19(27-9-11-29-12-10-27)3-6-22(18,16-26)21(28)25-14-17-4-7-24-15-20(17)23/h4,7,15,18-19H,2-3,5-6,8-14,16H2,1H3,(H,25,28)/t18-,19+,22-/m1/s1. The van der Waals surface area contributed by atoms with E-state index in [9.17, 15) is 9.18 Å². The smallest absolute Gasteiger partial charge is 0.228 e. The lowest BCUT2D eigenvalue weighted by molar-refractivity contribution is -0.145. The van der Waals surface area contributed by atoms with Crippen LogP contribution in [0.2, 0.25) is 0 Å². The fourth-order valence-electron chi connectivity index (χ4n) is 5.53. The second-order valence-corrected chi connectivity index (χ2v) is 8.74. The molecule has 6 nitrogen and oxygen atoms in total. The van der Waals surface area contributed by atoms with E-state index in [-0.39, 0.29) is 23.7 Å². The van der Waals surface area contributed by atoms with Crippen LogP contribution in [0.1, 0.15) is 38.2 Å². The minimum absolute atomic E-state index is 0.0947. The first-order chi connectivity index (χ1) is 14.1. The van der Waals surface area contributed by atoms with Gasteiger partial charge in [-0.2, -0.15) is 0 Å². The van der Waals surface area contributed by atoms with Gasteiger partial charge in [0.1, 0.15) is 5.82 Å². The number of pyridine rings is 1. The summed E-state index contributed by atoms with van der Waals surface area (Å²) >= 11 is 0. The highest BCUT2D eigenvalue weighted by Crippen LogP contribution is 2.47. The maximum Gasteiger partial charge on any atom is 0.228 e. The van der Waals surface area contributed by atoms with E-state index in [1.54, 1.807) is 12.3 Å². The number of amides is 1. The zero-order valence-corrected chi connectivity index (χ0v) is 17.4. The Hall–Kier alpha value is -1.57. The minimum Gasteiger partial charge on any atom is -0.379 e. The van der Waals surface area contributed by atoms with Gasteiger partial charge in [-0.05, 0) is 50.8 Å². The van der Waals surface area contributed by atoms with Crippen LogP contribution in [0, 0.1) is 17.2 Å². The summed E-state index contributed by atoms with van der Waals surface area (Å²) in [6.07, 6.45) is 6.86. The Balaban J connectivity index is 1.47. The summed E-state index contributed by atoms with van der Waals surface area (Å²) in [5.41, 5.74) is 0.132. The van der Waals surface area contributed by atoms with Crippen molar-refractivity contribution in [2.45, 2.75) is 45.2 Å². The topological polar surface area (TPSA) is 57.7 Å². The number of hydrogen-bond donors (Lipinski definition) is 1. The van der Waals surface area contributed by atoms with E-state index >= 15 is 0 Å². The molecule has 160 valence electrons. The molecule has 0 bridgehead atoms. The number of fused-ring (bicyclic) bond motifs is 1. The highest BCUT2D eigenvalue weighted by Gasteiger charge is 2.52. The number of rotatable bonds is 5. The van der Waals surface area contributed by atoms with E-state index in [1.807, 2.05) is 0 Å². The molecule has 0 aromatic carbocycles. The fourth-order valence-corrected chi connectivity index (χ4v) is 5.53. The number of halogens is 1. The van der Waals surface area contributed by atoms with Crippen molar-refractivity contribution >= 4 is 5.91 Å².